The highest BCUT2D eigenvalue weighted by atomic mass is 79.9. The number of nitrogens with zero attached hydrogens (tertiary/aromatic N) is 3. The molecule has 0 unspecified atom stereocenters. The summed E-state index contributed by atoms with van der Waals surface area (Å²) in [6, 6.07) is 7.81. The molecule has 0 aliphatic rings. The van der Waals surface area contributed by atoms with Crippen LogP contribution in [-0.2, 0) is 13.7 Å². The van der Waals surface area contributed by atoms with Crippen LogP contribution in [-0.4, -0.2) is 19.9 Å². The summed E-state index contributed by atoms with van der Waals surface area (Å²) in [6.07, 6.45) is 0. The third-order valence-electron chi connectivity index (χ3n) is 2.19. The Labute approximate surface area is 95.7 Å². The predicted octanol–water partition coefficient (Wildman–Crippen LogP) is 1.74. The molecule has 0 amide bonds. The lowest BCUT2D eigenvalue weighted by Crippen LogP contribution is -1.98. The lowest BCUT2D eigenvalue weighted by atomic mass is 10.2. The lowest BCUT2D eigenvalue weighted by Gasteiger charge is -2.02. The van der Waals surface area contributed by atoms with Crippen LogP contribution in [0.15, 0.2) is 28.7 Å². The van der Waals surface area contributed by atoms with Gasteiger partial charge in [-0.15, -0.1) is 10.2 Å². The molecule has 1 aromatic heterocycles. The first kappa shape index (κ1) is 10.3. The second kappa shape index (κ2) is 4.12. The molecule has 5 heteroatoms. The fraction of sp³-hybridized carbons (Fsp3) is 0.200. The van der Waals surface area contributed by atoms with E-state index in [4.69, 9.17) is 5.11 Å². The molecule has 1 aromatic carbocycles. The Morgan fingerprint density at radius 2 is 2.20 bits per heavy atom. The van der Waals surface area contributed by atoms with Crippen molar-refractivity contribution in [3.05, 3.63) is 34.6 Å². The molecule has 0 fully saturated rings. The molecular weight excluding hydrogens is 258 g/mol. The van der Waals surface area contributed by atoms with Crippen LogP contribution >= 0.6 is 15.9 Å². The summed E-state index contributed by atoms with van der Waals surface area (Å²) < 4.78 is 2.77. The molecule has 2 rings (SSSR count). The maximum Gasteiger partial charge on any atom is 0.163 e. The SMILES string of the molecule is Cn1c(CO)nnc1-c1cccc(Br)c1. The molecular formula is C10H10BrN3O. The average Bonchev–Trinajstić information content (AvgIpc) is 2.59. The van der Waals surface area contributed by atoms with E-state index in [2.05, 4.69) is 26.1 Å². The van der Waals surface area contributed by atoms with Gasteiger partial charge in [-0.1, -0.05) is 28.1 Å². The first-order valence-corrected chi connectivity index (χ1v) is 5.26. The van der Waals surface area contributed by atoms with Crippen LogP contribution in [0.25, 0.3) is 11.4 Å². The van der Waals surface area contributed by atoms with Crippen LogP contribution < -0.4 is 0 Å². The normalized spacial score (nSPS) is 10.6. The van der Waals surface area contributed by atoms with Gasteiger partial charge < -0.3 is 9.67 Å². The van der Waals surface area contributed by atoms with Gasteiger partial charge in [-0.2, -0.15) is 0 Å². The third-order valence-corrected chi connectivity index (χ3v) is 2.68. The van der Waals surface area contributed by atoms with E-state index in [1.807, 2.05) is 31.3 Å². The zero-order valence-electron chi connectivity index (χ0n) is 8.18. The van der Waals surface area contributed by atoms with Gasteiger partial charge >= 0.3 is 0 Å². The molecule has 0 aliphatic carbocycles. The zero-order chi connectivity index (χ0) is 10.8. The van der Waals surface area contributed by atoms with E-state index in [1.54, 1.807) is 4.57 Å². The minimum atomic E-state index is -0.0997. The van der Waals surface area contributed by atoms with E-state index in [0.29, 0.717) is 5.82 Å². The molecule has 2 aromatic rings. The summed E-state index contributed by atoms with van der Waals surface area (Å²) in [6.45, 7) is -0.0997. The van der Waals surface area contributed by atoms with Crippen molar-refractivity contribution in [1.82, 2.24) is 14.8 Å². The van der Waals surface area contributed by atoms with Gasteiger partial charge in [-0.05, 0) is 12.1 Å². The number of benzene rings is 1. The Kier molecular flexibility index (Phi) is 2.83. The number of aliphatic hydroxyl groups is 1. The zero-order valence-corrected chi connectivity index (χ0v) is 9.77. The van der Waals surface area contributed by atoms with Crippen molar-refractivity contribution in [2.24, 2.45) is 7.05 Å². The van der Waals surface area contributed by atoms with Crippen molar-refractivity contribution in [2.45, 2.75) is 6.61 Å². The van der Waals surface area contributed by atoms with Crippen LogP contribution in [0.5, 0.6) is 0 Å². The highest BCUT2D eigenvalue weighted by molar-refractivity contribution is 9.10. The van der Waals surface area contributed by atoms with Crippen molar-refractivity contribution < 1.29 is 5.11 Å². The molecule has 1 N–H and O–H groups in total. The van der Waals surface area contributed by atoms with E-state index >= 15 is 0 Å². The van der Waals surface area contributed by atoms with E-state index < -0.39 is 0 Å². The summed E-state index contributed by atoms with van der Waals surface area (Å²) in [5, 5.41) is 16.9. The highest BCUT2D eigenvalue weighted by Crippen LogP contribution is 2.21. The van der Waals surface area contributed by atoms with Crippen molar-refractivity contribution in [1.29, 1.82) is 0 Å². The quantitative estimate of drug-likeness (QED) is 0.902. The van der Waals surface area contributed by atoms with E-state index in [-0.39, 0.29) is 6.61 Å². The molecule has 0 radical (unpaired) electrons. The topological polar surface area (TPSA) is 50.9 Å². The maximum atomic E-state index is 9.00. The molecule has 0 aliphatic heterocycles. The standard InChI is InChI=1S/C10H10BrN3O/c1-14-9(6-15)12-13-10(14)7-3-2-4-8(11)5-7/h2-5,15H,6H2,1H3. The lowest BCUT2D eigenvalue weighted by molar-refractivity contribution is 0.267. The van der Waals surface area contributed by atoms with Gasteiger partial charge in [0.1, 0.15) is 6.61 Å². The van der Waals surface area contributed by atoms with Gasteiger partial charge in [-0.25, -0.2) is 0 Å². The number of hydrogen-bond donors (Lipinski definition) is 1. The number of hydrogen-bond acceptors (Lipinski definition) is 3. The van der Waals surface area contributed by atoms with E-state index in [9.17, 15) is 0 Å². The molecule has 0 saturated heterocycles. The Morgan fingerprint density at radius 1 is 1.40 bits per heavy atom. The van der Waals surface area contributed by atoms with Crippen LogP contribution in [0.4, 0.5) is 0 Å². The highest BCUT2D eigenvalue weighted by Gasteiger charge is 2.09. The first-order valence-electron chi connectivity index (χ1n) is 4.47. The molecule has 0 bridgehead atoms. The van der Waals surface area contributed by atoms with Crippen molar-refractivity contribution >= 4 is 15.9 Å². The average molecular weight is 268 g/mol. The molecule has 0 saturated carbocycles. The Morgan fingerprint density at radius 3 is 2.80 bits per heavy atom. The fourth-order valence-corrected chi connectivity index (χ4v) is 1.78. The Bertz CT molecular complexity index is 481. The minimum Gasteiger partial charge on any atom is -0.388 e. The van der Waals surface area contributed by atoms with Crippen LogP contribution in [0, 0.1) is 0 Å². The summed E-state index contributed by atoms with van der Waals surface area (Å²) in [5.41, 5.74) is 0.971. The second-order valence-corrected chi connectivity index (χ2v) is 4.08. The largest absolute Gasteiger partial charge is 0.388 e. The van der Waals surface area contributed by atoms with E-state index in [0.717, 1.165) is 15.9 Å². The van der Waals surface area contributed by atoms with Crippen molar-refractivity contribution in [3.8, 4) is 11.4 Å². The van der Waals surface area contributed by atoms with Crippen LogP contribution in [0.3, 0.4) is 0 Å². The molecule has 78 valence electrons. The summed E-state index contributed by atoms with van der Waals surface area (Å²) in [7, 11) is 1.84. The maximum absolute atomic E-state index is 9.00. The minimum absolute atomic E-state index is 0.0997. The van der Waals surface area contributed by atoms with Crippen LogP contribution in [0.2, 0.25) is 0 Å². The fourth-order valence-electron chi connectivity index (χ4n) is 1.38. The first-order chi connectivity index (χ1) is 7.22. The summed E-state index contributed by atoms with van der Waals surface area (Å²) in [5.74, 6) is 1.31. The molecule has 15 heavy (non-hydrogen) atoms. The summed E-state index contributed by atoms with van der Waals surface area (Å²) >= 11 is 3.40. The van der Waals surface area contributed by atoms with Crippen molar-refractivity contribution in [2.75, 3.05) is 0 Å². The number of rotatable bonds is 2. The third kappa shape index (κ3) is 1.93. The van der Waals surface area contributed by atoms with Crippen molar-refractivity contribution in [3.63, 3.8) is 0 Å². The Hall–Kier alpha value is -1.20. The van der Waals surface area contributed by atoms with Gasteiger partial charge in [-0.3, -0.25) is 0 Å². The predicted molar refractivity (Wildman–Crippen MR) is 60.1 cm³/mol. The molecule has 0 atom stereocenters. The van der Waals surface area contributed by atoms with Gasteiger partial charge in [0.2, 0.25) is 0 Å². The van der Waals surface area contributed by atoms with Gasteiger partial charge in [0, 0.05) is 17.1 Å². The summed E-state index contributed by atoms with van der Waals surface area (Å²) in [4.78, 5) is 0. The molecule has 4 nitrogen and oxygen atoms in total. The second-order valence-electron chi connectivity index (χ2n) is 3.17. The molecule has 1 heterocycles. The van der Waals surface area contributed by atoms with Gasteiger partial charge in [0.25, 0.3) is 0 Å². The van der Waals surface area contributed by atoms with Crippen LogP contribution in [0.1, 0.15) is 5.82 Å². The smallest absolute Gasteiger partial charge is 0.163 e. The van der Waals surface area contributed by atoms with E-state index in [1.165, 1.54) is 0 Å². The van der Waals surface area contributed by atoms with Gasteiger partial charge in [0.05, 0.1) is 0 Å². The monoisotopic (exact) mass is 267 g/mol. The number of aliphatic hydroxyl groups excluding tert-OH is 1. The molecule has 0 spiro atoms. The van der Waals surface area contributed by atoms with Gasteiger partial charge in [0.15, 0.2) is 11.6 Å². The number of aromatic nitrogens is 3. The number of halogens is 1. The Balaban J connectivity index is 2.49.